The second-order valence-electron chi connectivity index (χ2n) is 6.52. The second kappa shape index (κ2) is 6.60. The fourth-order valence-corrected chi connectivity index (χ4v) is 3.43. The maximum Gasteiger partial charge on any atom is 0.287 e. The lowest BCUT2D eigenvalue weighted by Gasteiger charge is -2.16. The minimum atomic E-state index is 0.647. The molecular weight excluding hydrogens is 320 g/mol. The largest absolute Gasteiger partial charge is 0.457 e. The summed E-state index contributed by atoms with van der Waals surface area (Å²) >= 11 is 0. The summed E-state index contributed by atoms with van der Waals surface area (Å²) in [5.41, 5.74) is 5.29. The van der Waals surface area contributed by atoms with E-state index in [1.54, 1.807) is 0 Å². The third-order valence-corrected chi connectivity index (χ3v) is 4.70. The summed E-state index contributed by atoms with van der Waals surface area (Å²) in [5, 5.41) is 1.08. The Morgan fingerprint density at radius 1 is 1.08 bits per heavy atom. The molecule has 3 aromatic rings. The normalized spacial score (nSPS) is 18.5. The van der Waals surface area contributed by atoms with Crippen molar-refractivity contribution in [2.24, 2.45) is 7.05 Å². The van der Waals surface area contributed by atoms with Gasteiger partial charge in [-0.25, -0.2) is 4.57 Å². The first-order chi connectivity index (χ1) is 12.6. The van der Waals surface area contributed by atoms with Crippen LogP contribution < -0.4 is 9.30 Å². The molecule has 0 fully saturated rings. The van der Waals surface area contributed by atoms with Crippen LogP contribution in [0.1, 0.15) is 18.2 Å². The predicted molar refractivity (Wildman–Crippen MR) is 105 cm³/mol. The van der Waals surface area contributed by atoms with E-state index in [1.807, 2.05) is 54.3 Å². The number of allylic oxidation sites excluding steroid dienone is 4. The quantitative estimate of drug-likeness (QED) is 0.608. The maximum absolute atomic E-state index is 6.23. The lowest BCUT2D eigenvalue weighted by atomic mass is 9.99. The number of hydrogen-bond acceptors (Lipinski definition) is 2. The van der Waals surface area contributed by atoms with Crippen molar-refractivity contribution in [3.05, 3.63) is 96.2 Å². The number of aryl methyl sites for hydroxylation is 1. The number of rotatable bonds is 1. The Morgan fingerprint density at radius 2 is 1.85 bits per heavy atom. The van der Waals surface area contributed by atoms with Crippen molar-refractivity contribution in [1.82, 2.24) is 4.98 Å². The second-order valence-corrected chi connectivity index (χ2v) is 6.52. The van der Waals surface area contributed by atoms with Crippen LogP contribution in [0.5, 0.6) is 5.75 Å². The maximum atomic E-state index is 6.23. The summed E-state index contributed by atoms with van der Waals surface area (Å²) in [6.07, 6.45) is 7.01. The Labute approximate surface area is 153 Å². The molecule has 1 aromatic heterocycles. The lowest BCUT2D eigenvalue weighted by molar-refractivity contribution is -0.675. The Bertz CT molecular complexity index is 1080. The fraction of sp³-hybridized carbons (Fsp3) is 0.130. The lowest BCUT2D eigenvalue weighted by Crippen LogP contribution is -2.34. The Hall–Kier alpha value is -3.20. The highest BCUT2D eigenvalue weighted by atomic mass is 16.5. The van der Waals surface area contributed by atoms with Gasteiger partial charge in [-0.2, -0.15) is 0 Å². The van der Waals surface area contributed by atoms with Crippen molar-refractivity contribution in [2.45, 2.75) is 13.3 Å². The SMILES string of the molecule is C=C1Oc2ccccc2C/C=C\C(C)=C/1c1c2ccccc2nc[n+]1C. The zero-order valence-corrected chi connectivity index (χ0v) is 15.1. The van der Waals surface area contributed by atoms with Crippen LogP contribution in [-0.4, -0.2) is 4.98 Å². The number of ether oxygens (including phenoxy) is 1. The van der Waals surface area contributed by atoms with E-state index < -0.39 is 0 Å². The molecule has 0 bridgehead atoms. The van der Waals surface area contributed by atoms with Crippen LogP contribution in [0.3, 0.4) is 0 Å². The van der Waals surface area contributed by atoms with E-state index in [-0.39, 0.29) is 0 Å². The third kappa shape index (κ3) is 2.82. The molecule has 128 valence electrons. The van der Waals surface area contributed by atoms with Gasteiger partial charge in [-0.05, 0) is 47.7 Å². The molecule has 0 N–H and O–H groups in total. The van der Waals surface area contributed by atoms with E-state index in [0.717, 1.165) is 45.5 Å². The molecule has 0 saturated carbocycles. The molecule has 1 aliphatic heterocycles. The molecule has 0 unspecified atom stereocenters. The zero-order chi connectivity index (χ0) is 18.1. The molecular formula is C23H21N2O+. The van der Waals surface area contributed by atoms with Crippen molar-refractivity contribution in [3.63, 3.8) is 0 Å². The smallest absolute Gasteiger partial charge is 0.287 e. The number of para-hydroxylation sites is 2. The van der Waals surface area contributed by atoms with Crippen LogP contribution in [0.25, 0.3) is 16.5 Å². The average molecular weight is 341 g/mol. The summed E-state index contributed by atoms with van der Waals surface area (Å²) in [4.78, 5) is 4.53. The standard InChI is InChI=1S/C23H21N2O/c1-16-9-8-11-18-10-4-7-14-21(18)26-17(2)22(16)23-19-12-5-6-13-20(19)24-15-25(23)3/h4-10,12-15H,2,11H2,1,3H3/q+1/b9-8-,22-16+. The van der Waals surface area contributed by atoms with Crippen molar-refractivity contribution in [3.8, 4) is 5.75 Å². The fourth-order valence-electron chi connectivity index (χ4n) is 3.43. The van der Waals surface area contributed by atoms with Crippen LogP contribution in [0.15, 0.2) is 84.9 Å². The molecule has 0 saturated heterocycles. The van der Waals surface area contributed by atoms with Gasteiger partial charge in [-0.1, -0.05) is 49.1 Å². The molecule has 4 rings (SSSR count). The summed E-state index contributed by atoms with van der Waals surface area (Å²) in [7, 11) is 2.01. The minimum Gasteiger partial charge on any atom is -0.457 e. The van der Waals surface area contributed by atoms with Gasteiger partial charge in [-0.15, -0.1) is 0 Å². The van der Waals surface area contributed by atoms with Gasteiger partial charge in [0.2, 0.25) is 0 Å². The molecule has 3 nitrogen and oxygen atoms in total. The van der Waals surface area contributed by atoms with E-state index in [4.69, 9.17) is 4.74 Å². The third-order valence-electron chi connectivity index (χ3n) is 4.70. The van der Waals surface area contributed by atoms with Crippen LogP contribution in [0.4, 0.5) is 0 Å². The van der Waals surface area contributed by atoms with Gasteiger partial charge < -0.3 is 4.74 Å². The van der Waals surface area contributed by atoms with Gasteiger partial charge in [0.25, 0.3) is 6.33 Å². The summed E-state index contributed by atoms with van der Waals surface area (Å²) in [6.45, 7) is 6.37. The minimum absolute atomic E-state index is 0.647. The highest BCUT2D eigenvalue weighted by Gasteiger charge is 2.23. The van der Waals surface area contributed by atoms with Gasteiger partial charge >= 0.3 is 0 Å². The number of fused-ring (bicyclic) bond motifs is 2. The predicted octanol–water partition coefficient (Wildman–Crippen LogP) is 4.54. The Balaban J connectivity index is 1.95. The number of hydrogen-bond donors (Lipinski definition) is 0. The zero-order valence-electron chi connectivity index (χ0n) is 15.1. The van der Waals surface area contributed by atoms with Crippen LogP contribution in [0.2, 0.25) is 0 Å². The van der Waals surface area contributed by atoms with Gasteiger partial charge in [0, 0.05) is 0 Å². The molecule has 1 aliphatic rings. The molecule has 26 heavy (non-hydrogen) atoms. The molecule has 0 atom stereocenters. The van der Waals surface area contributed by atoms with Crippen LogP contribution in [-0.2, 0) is 13.5 Å². The highest BCUT2D eigenvalue weighted by Crippen LogP contribution is 2.33. The van der Waals surface area contributed by atoms with Gasteiger partial charge in [0.05, 0.1) is 18.0 Å². The summed E-state index contributed by atoms with van der Waals surface area (Å²) in [5.74, 6) is 1.50. The van der Waals surface area contributed by atoms with Crippen molar-refractivity contribution in [1.29, 1.82) is 0 Å². The average Bonchev–Trinajstić information content (AvgIpc) is 2.70. The van der Waals surface area contributed by atoms with Gasteiger partial charge in [-0.3, -0.25) is 0 Å². The van der Waals surface area contributed by atoms with Crippen LogP contribution >= 0.6 is 0 Å². The van der Waals surface area contributed by atoms with Crippen molar-refractivity contribution < 1.29 is 9.30 Å². The first-order valence-electron chi connectivity index (χ1n) is 8.71. The number of benzene rings is 2. The Kier molecular flexibility index (Phi) is 4.13. The molecule has 0 aliphatic carbocycles. The molecule has 0 amide bonds. The topological polar surface area (TPSA) is 26.0 Å². The molecule has 0 spiro atoms. The summed E-state index contributed by atoms with van der Waals surface area (Å²) < 4.78 is 8.27. The van der Waals surface area contributed by atoms with E-state index in [9.17, 15) is 0 Å². The number of aromatic nitrogens is 2. The van der Waals surface area contributed by atoms with Gasteiger partial charge in [0.15, 0.2) is 5.52 Å². The monoisotopic (exact) mass is 341 g/mol. The first kappa shape index (κ1) is 16.3. The first-order valence-corrected chi connectivity index (χ1v) is 8.71. The van der Waals surface area contributed by atoms with Gasteiger partial charge in [0.1, 0.15) is 17.2 Å². The molecule has 0 radical (unpaired) electrons. The van der Waals surface area contributed by atoms with E-state index in [2.05, 4.69) is 42.8 Å². The highest BCUT2D eigenvalue weighted by molar-refractivity contribution is 5.93. The Morgan fingerprint density at radius 3 is 2.73 bits per heavy atom. The summed E-state index contributed by atoms with van der Waals surface area (Å²) in [6, 6.07) is 16.3. The van der Waals surface area contributed by atoms with E-state index >= 15 is 0 Å². The molecule has 2 aromatic carbocycles. The molecule has 3 heteroatoms. The van der Waals surface area contributed by atoms with E-state index in [1.165, 1.54) is 0 Å². The van der Waals surface area contributed by atoms with E-state index in [0.29, 0.717) is 5.76 Å². The number of nitrogens with zero attached hydrogens (tertiary/aromatic N) is 2. The molecule has 2 heterocycles. The van der Waals surface area contributed by atoms with Crippen LogP contribution in [0, 0.1) is 0 Å². The van der Waals surface area contributed by atoms with Crippen molar-refractivity contribution in [2.75, 3.05) is 0 Å². The van der Waals surface area contributed by atoms with Crippen molar-refractivity contribution >= 4 is 16.5 Å².